The number of allylic oxidation sites excluding steroid dienone is 1. The third kappa shape index (κ3) is 5.60. The standard InChI is InChI=1S/C18H22O5.H2S/c1-12-6-5-9-14(19)8-4-2-3-7-13-10-15(20)11-16(21)17(13)18(22)23-12;/h3,7,10-12,20-21H,2,4-6,8-9H2,1H3;1H2/b7-3+;/t12-;/m0./s1. The van der Waals surface area contributed by atoms with E-state index in [-0.39, 0.29) is 42.4 Å². The molecule has 5 nitrogen and oxygen atoms in total. The van der Waals surface area contributed by atoms with E-state index in [1.165, 1.54) is 6.07 Å². The van der Waals surface area contributed by atoms with E-state index in [0.717, 1.165) is 12.5 Å². The number of phenolic OH excluding ortho intramolecular Hbond substituents is 2. The molecule has 1 aromatic carbocycles. The minimum atomic E-state index is -0.627. The van der Waals surface area contributed by atoms with E-state index < -0.39 is 5.97 Å². The smallest absolute Gasteiger partial charge is 0.342 e. The number of fused-ring (bicyclic) bond motifs is 1. The first-order chi connectivity index (χ1) is 11.0. The molecule has 0 unspecified atom stereocenters. The van der Waals surface area contributed by atoms with Crippen LogP contribution in [-0.2, 0) is 9.53 Å². The molecular weight excluding hydrogens is 328 g/mol. The normalized spacial score (nSPS) is 21.0. The fraction of sp³-hybridized carbons (Fsp3) is 0.444. The molecule has 1 aliphatic rings. The summed E-state index contributed by atoms with van der Waals surface area (Å²) in [5, 5.41) is 19.6. The average molecular weight is 352 g/mol. The predicted molar refractivity (Wildman–Crippen MR) is 96.8 cm³/mol. The first-order valence-electron chi connectivity index (χ1n) is 7.92. The van der Waals surface area contributed by atoms with E-state index in [0.29, 0.717) is 37.7 Å². The number of hydrogen-bond donors (Lipinski definition) is 2. The SMILES string of the molecule is C[C@H]1CCCC(=O)CCC/C=C/c2cc(O)cc(O)c2C(=O)O1.S. The van der Waals surface area contributed by atoms with Crippen LogP contribution in [0.5, 0.6) is 11.5 Å². The summed E-state index contributed by atoms with van der Waals surface area (Å²) in [6.45, 7) is 1.77. The molecule has 1 aromatic rings. The van der Waals surface area contributed by atoms with Crippen LogP contribution in [-0.4, -0.2) is 28.1 Å². The predicted octanol–water partition coefficient (Wildman–Crippen LogP) is 3.69. The Morgan fingerprint density at radius 1 is 1.12 bits per heavy atom. The minimum Gasteiger partial charge on any atom is -0.508 e. The van der Waals surface area contributed by atoms with Crippen LogP contribution in [0, 0.1) is 0 Å². The molecule has 0 aromatic heterocycles. The third-order valence-electron chi connectivity index (χ3n) is 3.84. The summed E-state index contributed by atoms with van der Waals surface area (Å²) in [5.41, 5.74) is 0.460. The number of cyclic esters (lactones) is 1. The maximum absolute atomic E-state index is 12.3. The van der Waals surface area contributed by atoms with Crippen LogP contribution in [0.1, 0.15) is 61.4 Å². The molecule has 0 saturated carbocycles. The molecule has 0 aliphatic carbocycles. The van der Waals surface area contributed by atoms with Gasteiger partial charge in [0.1, 0.15) is 22.8 Å². The number of esters is 1. The molecule has 0 fully saturated rings. The highest BCUT2D eigenvalue weighted by molar-refractivity contribution is 7.59. The van der Waals surface area contributed by atoms with Crippen LogP contribution >= 0.6 is 13.5 Å². The molecule has 2 rings (SSSR count). The van der Waals surface area contributed by atoms with Gasteiger partial charge in [-0.25, -0.2) is 4.79 Å². The minimum absolute atomic E-state index is 0. The highest BCUT2D eigenvalue weighted by Gasteiger charge is 2.20. The Morgan fingerprint density at radius 3 is 2.58 bits per heavy atom. The lowest BCUT2D eigenvalue weighted by molar-refractivity contribution is -0.119. The highest BCUT2D eigenvalue weighted by Crippen LogP contribution is 2.29. The van der Waals surface area contributed by atoms with E-state index in [9.17, 15) is 19.8 Å². The van der Waals surface area contributed by atoms with Gasteiger partial charge in [0.05, 0.1) is 6.10 Å². The van der Waals surface area contributed by atoms with Crippen LogP contribution in [0.15, 0.2) is 18.2 Å². The molecule has 0 spiro atoms. The summed E-state index contributed by atoms with van der Waals surface area (Å²) in [4.78, 5) is 24.0. The van der Waals surface area contributed by atoms with E-state index in [1.54, 1.807) is 13.0 Å². The van der Waals surface area contributed by atoms with Crippen LogP contribution in [0.3, 0.4) is 0 Å². The van der Waals surface area contributed by atoms with Crippen LogP contribution in [0.2, 0.25) is 0 Å². The quantitative estimate of drug-likeness (QED) is 0.696. The number of ether oxygens (including phenoxy) is 1. The van der Waals surface area contributed by atoms with Crippen LogP contribution < -0.4 is 0 Å². The van der Waals surface area contributed by atoms with E-state index in [2.05, 4.69) is 0 Å². The molecule has 2 N–H and O–H groups in total. The van der Waals surface area contributed by atoms with Crippen molar-refractivity contribution in [1.82, 2.24) is 0 Å². The largest absolute Gasteiger partial charge is 0.508 e. The number of aromatic hydroxyl groups is 2. The number of phenols is 2. The average Bonchev–Trinajstić information content (AvgIpc) is 2.45. The van der Waals surface area contributed by atoms with Gasteiger partial charge in [0, 0.05) is 18.9 Å². The molecule has 1 aliphatic heterocycles. The Labute approximate surface area is 148 Å². The summed E-state index contributed by atoms with van der Waals surface area (Å²) >= 11 is 0. The number of hydrogen-bond acceptors (Lipinski definition) is 5. The number of carbonyl (C=O) groups excluding carboxylic acids is 2. The van der Waals surface area contributed by atoms with Gasteiger partial charge in [-0.3, -0.25) is 4.79 Å². The zero-order valence-corrected chi connectivity index (χ0v) is 14.7. The Hall–Kier alpha value is -1.95. The Kier molecular flexibility index (Phi) is 7.85. The summed E-state index contributed by atoms with van der Waals surface area (Å²) in [6, 6.07) is 2.54. The van der Waals surface area contributed by atoms with Crippen LogP contribution in [0.4, 0.5) is 0 Å². The lowest BCUT2D eigenvalue weighted by atomic mass is 10.0. The van der Waals surface area contributed by atoms with Crippen molar-refractivity contribution in [1.29, 1.82) is 0 Å². The molecule has 1 atom stereocenters. The monoisotopic (exact) mass is 352 g/mol. The van der Waals surface area contributed by atoms with Gasteiger partial charge in [0.25, 0.3) is 0 Å². The topological polar surface area (TPSA) is 83.8 Å². The molecule has 132 valence electrons. The van der Waals surface area contributed by atoms with Crippen molar-refractivity contribution in [2.24, 2.45) is 0 Å². The van der Waals surface area contributed by atoms with Crippen molar-refractivity contribution >= 4 is 31.3 Å². The molecule has 24 heavy (non-hydrogen) atoms. The van der Waals surface area contributed by atoms with Crippen molar-refractivity contribution < 1.29 is 24.5 Å². The Morgan fingerprint density at radius 2 is 1.83 bits per heavy atom. The summed E-state index contributed by atoms with van der Waals surface area (Å²) in [5.74, 6) is -0.824. The lowest BCUT2D eigenvalue weighted by Crippen LogP contribution is -2.16. The van der Waals surface area contributed by atoms with E-state index in [1.807, 2.05) is 6.08 Å². The van der Waals surface area contributed by atoms with Gasteiger partial charge < -0.3 is 14.9 Å². The van der Waals surface area contributed by atoms with Gasteiger partial charge in [-0.2, -0.15) is 13.5 Å². The van der Waals surface area contributed by atoms with Crippen molar-refractivity contribution in [3.05, 3.63) is 29.3 Å². The molecule has 6 heteroatoms. The highest BCUT2D eigenvalue weighted by atomic mass is 32.1. The van der Waals surface area contributed by atoms with Gasteiger partial charge in [-0.05, 0) is 44.2 Å². The van der Waals surface area contributed by atoms with Gasteiger partial charge in [0.15, 0.2) is 0 Å². The molecule has 1 heterocycles. The fourth-order valence-corrected chi connectivity index (χ4v) is 2.63. The van der Waals surface area contributed by atoms with Gasteiger partial charge in [0.2, 0.25) is 0 Å². The number of carbonyl (C=O) groups is 2. The maximum Gasteiger partial charge on any atom is 0.342 e. The van der Waals surface area contributed by atoms with Crippen molar-refractivity contribution in [3.8, 4) is 11.5 Å². The molecule has 0 bridgehead atoms. The lowest BCUT2D eigenvalue weighted by Gasteiger charge is -2.15. The first kappa shape index (κ1) is 20.1. The summed E-state index contributed by atoms with van der Waals surface area (Å²) < 4.78 is 5.35. The second kappa shape index (κ2) is 9.37. The van der Waals surface area contributed by atoms with E-state index >= 15 is 0 Å². The third-order valence-corrected chi connectivity index (χ3v) is 3.84. The number of Topliss-reactive ketones (excluding diaryl/α,β-unsaturated/α-hetero) is 1. The Bertz CT molecular complexity index is 624. The van der Waals surface area contributed by atoms with Crippen molar-refractivity contribution in [2.75, 3.05) is 0 Å². The summed E-state index contributed by atoms with van der Waals surface area (Å²) in [7, 11) is 0. The zero-order valence-electron chi connectivity index (χ0n) is 13.7. The van der Waals surface area contributed by atoms with E-state index in [4.69, 9.17) is 4.74 Å². The first-order valence-corrected chi connectivity index (χ1v) is 7.92. The van der Waals surface area contributed by atoms with Gasteiger partial charge in [-0.1, -0.05) is 12.2 Å². The fourth-order valence-electron chi connectivity index (χ4n) is 2.63. The van der Waals surface area contributed by atoms with Crippen molar-refractivity contribution in [2.45, 2.75) is 51.6 Å². The molecule has 0 radical (unpaired) electrons. The number of benzene rings is 1. The second-order valence-electron chi connectivity index (χ2n) is 5.87. The molecular formula is C18H24O5S. The number of rotatable bonds is 0. The van der Waals surface area contributed by atoms with Crippen LogP contribution in [0.25, 0.3) is 6.08 Å². The van der Waals surface area contributed by atoms with Gasteiger partial charge in [-0.15, -0.1) is 0 Å². The number of ketones is 1. The zero-order chi connectivity index (χ0) is 16.8. The molecule has 0 amide bonds. The Balaban J connectivity index is 0.00000288. The second-order valence-corrected chi connectivity index (χ2v) is 5.87. The van der Waals surface area contributed by atoms with Crippen molar-refractivity contribution in [3.63, 3.8) is 0 Å². The maximum atomic E-state index is 12.3. The summed E-state index contributed by atoms with van der Waals surface area (Å²) in [6.07, 6.45) is 6.90. The van der Waals surface area contributed by atoms with Gasteiger partial charge >= 0.3 is 5.97 Å². The molecule has 0 saturated heterocycles.